The fraction of sp³-hybridized carbons (Fsp3) is 0.500. The van der Waals surface area contributed by atoms with E-state index in [9.17, 15) is 9.90 Å². The quantitative estimate of drug-likeness (QED) is 0.764. The monoisotopic (exact) mass is 235 g/mol. The van der Waals surface area contributed by atoms with Gasteiger partial charge in [-0.2, -0.15) is 0 Å². The van der Waals surface area contributed by atoms with Crippen molar-refractivity contribution in [1.29, 1.82) is 0 Å². The number of nitrogens with one attached hydrogen (secondary N) is 1. The van der Waals surface area contributed by atoms with Crippen LogP contribution < -0.4 is 5.32 Å². The van der Waals surface area contributed by atoms with Gasteiger partial charge >= 0.3 is 5.97 Å². The van der Waals surface area contributed by atoms with E-state index in [4.69, 9.17) is 0 Å². The summed E-state index contributed by atoms with van der Waals surface area (Å²) in [5, 5.41) is 12.3. The third-order valence-electron chi connectivity index (χ3n) is 2.95. The van der Waals surface area contributed by atoms with Crippen molar-refractivity contribution in [2.75, 3.05) is 0 Å². The van der Waals surface area contributed by atoms with Crippen LogP contribution in [0.25, 0.3) is 0 Å². The fourth-order valence-electron chi connectivity index (χ4n) is 1.98. The van der Waals surface area contributed by atoms with Crippen molar-refractivity contribution in [2.45, 2.75) is 39.3 Å². The second kappa shape index (κ2) is 7.07. The highest BCUT2D eigenvalue weighted by atomic mass is 16.4. The van der Waals surface area contributed by atoms with Crippen molar-refractivity contribution in [2.24, 2.45) is 5.92 Å². The lowest BCUT2D eigenvalue weighted by molar-refractivity contribution is -0.140. The van der Waals surface area contributed by atoms with Gasteiger partial charge in [-0.15, -0.1) is 0 Å². The van der Waals surface area contributed by atoms with Gasteiger partial charge in [-0.05, 0) is 17.9 Å². The minimum Gasteiger partial charge on any atom is -0.480 e. The molecule has 0 aliphatic carbocycles. The number of hydrogen-bond donors (Lipinski definition) is 2. The van der Waals surface area contributed by atoms with Crippen LogP contribution in [-0.2, 0) is 11.3 Å². The van der Waals surface area contributed by atoms with Crippen LogP contribution >= 0.6 is 0 Å². The first-order valence-corrected chi connectivity index (χ1v) is 6.15. The standard InChI is InChI=1S/C14H21NO2/c1-3-7-11(2)13(14(16)17)15-10-12-8-5-4-6-9-12/h4-6,8-9,11,13,15H,3,7,10H2,1-2H3,(H,16,17). The van der Waals surface area contributed by atoms with E-state index in [-0.39, 0.29) is 5.92 Å². The molecule has 17 heavy (non-hydrogen) atoms. The maximum absolute atomic E-state index is 11.2. The molecule has 0 aliphatic rings. The molecule has 1 aromatic rings. The fourth-order valence-corrected chi connectivity index (χ4v) is 1.98. The first kappa shape index (κ1) is 13.7. The lowest BCUT2D eigenvalue weighted by Crippen LogP contribution is -2.41. The normalized spacial score (nSPS) is 14.2. The Morgan fingerprint density at radius 2 is 2.00 bits per heavy atom. The number of carboxylic acids is 1. The van der Waals surface area contributed by atoms with Gasteiger partial charge in [-0.1, -0.05) is 50.6 Å². The largest absolute Gasteiger partial charge is 0.480 e. The molecule has 3 heteroatoms. The van der Waals surface area contributed by atoms with Gasteiger partial charge < -0.3 is 10.4 Å². The highest BCUT2D eigenvalue weighted by molar-refractivity contribution is 5.73. The molecule has 0 saturated carbocycles. The average Bonchev–Trinajstić information content (AvgIpc) is 2.30. The number of hydrogen-bond acceptors (Lipinski definition) is 2. The Labute approximate surface area is 103 Å². The van der Waals surface area contributed by atoms with Gasteiger partial charge in [0.05, 0.1) is 0 Å². The van der Waals surface area contributed by atoms with E-state index in [0.717, 1.165) is 18.4 Å². The minimum absolute atomic E-state index is 0.154. The predicted molar refractivity (Wildman–Crippen MR) is 68.8 cm³/mol. The van der Waals surface area contributed by atoms with Crippen molar-refractivity contribution in [1.82, 2.24) is 5.32 Å². The summed E-state index contributed by atoms with van der Waals surface area (Å²) in [6.45, 7) is 4.67. The number of rotatable bonds is 7. The maximum atomic E-state index is 11.2. The Balaban J connectivity index is 2.53. The van der Waals surface area contributed by atoms with Crippen LogP contribution in [0.2, 0.25) is 0 Å². The summed E-state index contributed by atoms with van der Waals surface area (Å²) in [5.74, 6) is -0.608. The van der Waals surface area contributed by atoms with Crippen molar-refractivity contribution < 1.29 is 9.90 Å². The molecule has 0 fully saturated rings. The van der Waals surface area contributed by atoms with Crippen LogP contribution in [0.3, 0.4) is 0 Å². The maximum Gasteiger partial charge on any atom is 0.320 e. The minimum atomic E-state index is -0.762. The van der Waals surface area contributed by atoms with E-state index in [1.807, 2.05) is 37.3 Å². The molecule has 0 aliphatic heterocycles. The van der Waals surface area contributed by atoms with Gasteiger partial charge in [0, 0.05) is 6.54 Å². The summed E-state index contributed by atoms with van der Waals surface area (Å²) in [6.07, 6.45) is 1.94. The van der Waals surface area contributed by atoms with E-state index in [1.165, 1.54) is 0 Å². The molecule has 0 amide bonds. The van der Waals surface area contributed by atoms with Gasteiger partial charge in [-0.25, -0.2) is 0 Å². The molecule has 1 rings (SSSR count). The SMILES string of the molecule is CCCC(C)C(NCc1ccccc1)C(=O)O. The predicted octanol–water partition coefficient (Wildman–Crippen LogP) is 2.67. The molecule has 0 saturated heterocycles. The van der Waals surface area contributed by atoms with Crippen molar-refractivity contribution in [3.05, 3.63) is 35.9 Å². The second-order valence-electron chi connectivity index (χ2n) is 4.45. The Morgan fingerprint density at radius 3 is 2.53 bits per heavy atom. The van der Waals surface area contributed by atoms with E-state index >= 15 is 0 Å². The van der Waals surface area contributed by atoms with Crippen LogP contribution in [0.4, 0.5) is 0 Å². The first-order chi connectivity index (χ1) is 8.15. The lowest BCUT2D eigenvalue weighted by atomic mass is 9.97. The third-order valence-corrected chi connectivity index (χ3v) is 2.95. The molecular weight excluding hydrogens is 214 g/mol. The Morgan fingerprint density at radius 1 is 1.35 bits per heavy atom. The van der Waals surface area contributed by atoms with Crippen LogP contribution in [0.1, 0.15) is 32.3 Å². The molecule has 0 bridgehead atoms. The van der Waals surface area contributed by atoms with Gasteiger partial charge in [0.1, 0.15) is 6.04 Å². The molecule has 2 unspecified atom stereocenters. The summed E-state index contributed by atoms with van der Waals surface area (Å²) < 4.78 is 0. The smallest absolute Gasteiger partial charge is 0.320 e. The van der Waals surface area contributed by atoms with Crippen LogP contribution in [0.5, 0.6) is 0 Å². The van der Waals surface area contributed by atoms with Crippen molar-refractivity contribution in [3.8, 4) is 0 Å². The molecule has 0 radical (unpaired) electrons. The van der Waals surface area contributed by atoms with E-state index in [2.05, 4.69) is 12.2 Å². The Bertz CT molecular complexity index is 337. The topological polar surface area (TPSA) is 49.3 Å². The molecule has 94 valence electrons. The molecule has 1 aromatic carbocycles. The van der Waals surface area contributed by atoms with E-state index in [0.29, 0.717) is 6.54 Å². The summed E-state index contributed by atoms with van der Waals surface area (Å²) in [5.41, 5.74) is 1.11. The summed E-state index contributed by atoms with van der Waals surface area (Å²) in [7, 11) is 0. The molecule has 2 N–H and O–H groups in total. The Hall–Kier alpha value is -1.35. The molecule has 0 aromatic heterocycles. The van der Waals surface area contributed by atoms with Crippen LogP contribution in [0, 0.1) is 5.92 Å². The zero-order chi connectivity index (χ0) is 12.7. The highest BCUT2D eigenvalue weighted by Gasteiger charge is 2.23. The van der Waals surface area contributed by atoms with Gasteiger partial charge in [0.15, 0.2) is 0 Å². The second-order valence-corrected chi connectivity index (χ2v) is 4.45. The molecule has 0 spiro atoms. The summed E-state index contributed by atoms with van der Waals surface area (Å²) in [6, 6.07) is 9.41. The van der Waals surface area contributed by atoms with E-state index in [1.54, 1.807) is 0 Å². The number of benzene rings is 1. The molecular formula is C14H21NO2. The van der Waals surface area contributed by atoms with Gasteiger partial charge in [0.2, 0.25) is 0 Å². The zero-order valence-corrected chi connectivity index (χ0v) is 10.5. The number of aliphatic carboxylic acids is 1. The Kier molecular flexibility index (Phi) is 5.70. The summed E-state index contributed by atoms with van der Waals surface area (Å²) >= 11 is 0. The summed E-state index contributed by atoms with van der Waals surface area (Å²) in [4.78, 5) is 11.2. The van der Waals surface area contributed by atoms with Crippen molar-refractivity contribution in [3.63, 3.8) is 0 Å². The third kappa shape index (κ3) is 4.57. The van der Waals surface area contributed by atoms with Crippen LogP contribution in [-0.4, -0.2) is 17.1 Å². The average molecular weight is 235 g/mol. The van der Waals surface area contributed by atoms with Crippen LogP contribution in [0.15, 0.2) is 30.3 Å². The zero-order valence-electron chi connectivity index (χ0n) is 10.5. The molecule has 2 atom stereocenters. The number of carboxylic acid groups (broad SMARTS) is 1. The van der Waals surface area contributed by atoms with Gasteiger partial charge in [0.25, 0.3) is 0 Å². The molecule has 3 nitrogen and oxygen atoms in total. The molecule has 0 heterocycles. The number of carbonyl (C=O) groups is 1. The lowest BCUT2D eigenvalue weighted by Gasteiger charge is -2.21. The van der Waals surface area contributed by atoms with E-state index < -0.39 is 12.0 Å². The first-order valence-electron chi connectivity index (χ1n) is 6.15. The van der Waals surface area contributed by atoms with Crippen molar-refractivity contribution >= 4 is 5.97 Å². The van der Waals surface area contributed by atoms with Gasteiger partial charge in [-0.3, -0.25) is 4.79 Å². The highest BCUT2D eigenvalue weighted by Crippen LogP contribution is 2.11.